The molecule has 0 saturated carbocycles. The van der Waals surface area contributed by atoms with E-state index < -0.39 is 0 Å². The summed E-state index contributed by atoms with van der Waals surface area (Å²) in [5, 5.41) is 1.90. The minimum atomic E-state index is 0.0806. The van der Waals surface area contributed by atoms with E-state index in [-0.39, 0.29) is 18.1 Å². The number of thiophene rings is 1. The highest BCUT2D eigenvalue weighted by molar-refractivity contribution is 9.09. The number of benzene rings is 1. The fourth-order valence-corrected chi connectivity index (χ4v) is 3.93. The minimum absolute atomic E-state index is 0.0806. The summed E-state index contributed by atoms with van der Waals surface area (Å²) in [6, 6.07) is 10.1. The molecule has 2 atom stereocenters. The summed E-state index contributed by atoms with van der Waals surface area (Å²) < 4.78 is 6.93. The summed E-state index contributed by atoms with van der Waals surface area (Å²) in [4.78, 5) is 15.4. The van der Waals surface area contributed by atoms with Crippen molar-refractivity contribution in [1.82, 2.24) is 4.90 Å². The second-order valence-corrected chi connectivity index (χ2v) is 6.81. The Morgan fingerprint density at radius 1 is 1.45 bits per heavy atom. The molecule has 1 fully saturated rings. The molecule has 1 saturated heterocycles. The Kier molecular flexibility index (Phi) is 4.10. The van der Waals surface area contributed by atoms with E-state index in [1.54, 1.807) is 11.3 Å². The Balaban J connectivity index is 1.84. The molecule has 5 heteroatoms. The highest BCUT2D eigenvalue weighted by atomic mass is 79.9. The van der Waals surface area contributed by atoms with Crippen molar-refractivity contribution in [3.63, 3.8) is 0 Å². The van der Waals surface area contributed by atoms with E-state index in [0.717, 1.165) is 20.3 Å². The summed E-state index contributed by atoms with van der Waals surface area (Å²) in [5.41, 5.74) is 0. The Labute approximate surface area is 130 Å². The van der Waals surface area contributed by atoms with E-state index >= 15 is 0 Å². The van der Waals surface area contributed by atoms with E-state index in [4.69, 9.17) is 4.74 Å². The van der Waals surface area contributed by atoms with Crippen LogP contribution < -0.4 is 0 Å². The van der Waals surface area contributed by atoms with Crippen LogP contribution in [0.25, 0.3) is 10.1 Å². The molecule has 0 N–H and O–H groups in total. The molecule has 1 aromatic carbocycles. The van der Waals surface area contributed by atoms with Crippen molar-refractivity contribution in [2.24, 2.45) is 0 Å². The van der Waals surface area contributed by atoms with Gasteiger partial charge < -0.3 is 9.64 Å². The number of ether oxygens (including phenoxy) is 1. The van der Waals surface area contributed by atoms with Crippen LogP contribution in [0.5, 0.6) is 0 Å². The van der Waals surface area contributed by atoms with Crippen LogP contribution in [0.2, 0.25) is 0 Å². The molecule has 2 unspecified atom stereocenters. The zero-order valence-corrected chi connectivity index (χ0v) is 13.6. The van der Waals surface area contributed by atoms with Crippen molar-refractivity contribution >= 4 is 43.3 Å². The monoisotopic (exact) mass is 353 g/mol. The van der Waals surface area contributed by atoms with Crippen molar-refractivity contribution in [2.75, 3.05) is 18.4 Å². The SMILES string of the molecule is CC1CN(C(=O)c2cc3ccccc3s2)CC(CBr)O1. The van der Waals surface area contributed by atoms with Crippen molar-refractivity contribution in [1.29, 1.82) is 0 Å². The number of alkyl halides is 1. The first-order valence-electron chi connectivity index (χ1n) is 6.66. The largest absolute Gasteiger partial charge is 0.371 e. The maximum absolute atomic E-state index is 12.6. The van der Waals surface area contributed by atoms with Crippen LogP contribution in [0, 0.1) is 0 Å². The lowest BCUT2D eigenvalue weighted by molar-refractivity contribution is -0.0558. The Morgan fingerprint density at radius 2 is 2.25 bits per heavy atom. The molecule has 1 aliphatic rings. The first-order chi connectivity index (χ1) is 9.67. The number of amides is 1. The molecule has 0 bridgehead atoms. The van der Waals surface area contributed by atoms with E-state index in [1.807, 2.05) is 36.1 Å². The lowest BCUT2D eigenvalue weighted by Crippen LogP contribution is -2.49. The molecule has 0 aliphatic carbocycles. The zero-order chi connectivity index (χ0) is 14.1. The molecule has 106 valence electrons. The molecule has 3 rings (SSSR count). The van der Waals surface area contributed by atoms with Gasteiger partial charge in [-0.05, 0) is 24.4 Å². The van der Waals surface area contributed by atoms with Gasteiger partial charge in [0.15, 0.2) is 0 Å². The Bertz CT molecular complexity index is 594. The number of morpholine rings is 1. The van der Waals surface area contributed by atoms with Crippen LogP contribution in [0.3, 0.4) is 0 Å². The van der Waals surface area contributed by atoms with E-state index in [9.17, 15) is 4.79 Å². The summed E-state index contributed by atoms with van der Waals surface area (Å²) >= 11 is 5.00. The van der Waals surface area contributed by atoms with Gasteiger partial charge in [0.05, 0.1) is 17.1 Å². The van der Waals surface area contributed by atoms with E-state index in [2.05, 4.69) is 22.0 Å². The number of hydrogen-bond donors (Lipinski definition) is 0. The first-order valence-corrected chi connectivity index (χ1v) is 8.60. The van der Waals surface area contributed by atoms with Crippen LogP contribution in [0.15, 0.2) is 30.3 Å². The quantitative estimate of drug-likeness (QED) is 0.773. The van der Waals surface area contributed by atoms with Gasteiger partial charge >= 0.3 is 0 Å². The highest BCUT2D eigenvalue weighted by Gasteiger charge is 2.29. The predicted molar refractivity (Wildman–Crippen MR) is 85.9 cm³/mol. The van der Waals surface area contributed by atoms with Crippen LogP contribution >= 0.6 is 27.3 Å². The number of rotatable bonds is 2. The predicted octanol–water partition coefficient (Wildman–Crippen LogP) is 3.53. The fraction of sp³-hybridized carbons (Fsp3) is 0.400. The second-order valence-electron chi connectivity index (χ2n) is 5.08. The molecular formula is C15H16BrNO2S. The molecule has 20 heavy (non-hydrogen) atoms. The van der Waals surface area contributed by atoms with Gasteiger partial charge in [-0.15, -0.1) is 11.3 Å². The van der Waals surface area contributed by atoms with Crippen molar-refractivity contribution in [3.05, 3.63) is 35.2 Å². The molecule has 2 heterocycles. The molecule has 2 aromatic rings. The highest BCUT2D eigenvalue weighted by Crippen LogP contribution is 2.27. The van der Waals surface area contributed by atoms with Gasteiger partial charge in [-0.3, -0.25) is 4.79 Å². The maximum Gasteiger partial charge on any atom is 0.264 e. The van der Waals surface area contributed by atoms with Gasteiger partial charge in [0.1, 0.15) is 0 Å². The fourth-order valence-electron chi connectivity index (χ4n) is 2.54. The Hall–Kier alpha value is -0.910. The number of carbonyl (C=O) groups excluding carboxylic acids is 1. The standard InChI is InChI=1S/C15H16BrNO2S/c1-10-8-17(9-12(7-16)19-10)15(18)14-6-11-4-2-3-5-13(11)20-14/h2-6,10,12H,7-9H2,1H3. The van der Waals surface area contributed by atoms with Crippen molar-refractivity contribution in [3.8, 4) is 0 Å². The number of carbonyl (C=O) groups is 1. The molecule has 1 amide bonds. The number of halogens is 1. The lowest BCUT2D eigenvalue weighted by atomic mass is 10.2. The Morgan fingerprint density at radius 3 is 3.00 bits per heavy atom. The third kappa shape index (κ3) is 2.75. The normalized spacial score (nSPS) is 23.2. The lowest BCUT2D eigenvalue weighted by Gasteiger charge is -2.35. The average molecular weight is 354 g/mol. The molecule has 0 radical (unpaired) electrons. The van der Waals surface area contributed by atoms with Crippen molar-refractivity contribution < 1.29 is 9.53 Å². The number of nitrogens with zero attached hydrogens (tertiary/aromatic N) is 1. The van der Waals surface area contributed by atoms with Gasteiger partial charge in [0, 0.05) is 23.1 Å². The summed E-state index contributed by atoms with van der Waals surface area (Å²) in [6.45, 7) is 3.33. The van der Waals surface area contributed by atoms with Crippen LogP contribution in [-0.2, 0) is 4.74 Å². The van der Waals surface area contributed by atoms with Crippen LogP contribution in [0.4, 0.5) is 0 Å². The minimum Gasteiger partial charge on any atom is -0.371 e. The molecule has 3 nitrogen and oxygen atoms in total. The molecular weight excluding hydrogens is 338 g/mol. The van der Waals surface area contributed by atoms with Gasteiger partial charge in [-0.1, -0.05) is 34.1 Å². The third-order valence-corrected chi connectivity index (χ3v) is 5.25. The van der Waals surface area contributed by atoms with Gasteiger partial charge in [-0.2, -0.15) is 0 Å². The molecule has 1 aliphatic heterocycles. The molecule has 0 spiro atoms. The van der Waals surface area contributed by atoms with E-state index in [1.165, 1.54) is 0 Å². The average Bonchev–Trinajstić information content (AvgIpc) is 2.89. The van der Waals surface area contributed by atoms with Crippen LogP contribution in [0.1, 0.15) is 16.6 Å². The van der Waals surface area contributed by atoms with Gasteiger partial charge in [0.2, 0.25) is 0 Å². The topological polar surface area (TPSA) is 29.5 Å². The van der Waals surface area contributed by atoms with Gasteiger partial charge in [-0.25, -0.2) is 0 Å². The summed E-state index contributed by atoms with van der Waals surface area (Å²) in [5.74, 6) is 0.118. The first kappa shape index (κ1) is 14.0. The van der Waals surface area contributed by atoms with Crippen molar-refractivity contribution in [2.45, 2.75) is 19.1 Å². The van der Waals surface area contributed by atoms with E-state index in [0.29, 0.717) is 13.1 Å². The zero-order valence-electron chi connectivity index (χ0n) is 11.2. The third-order valence-electron chi connectivity index (χ3n) is 3.42. The van der Waals surface area contributed by atoms with Gasteiger partial charge in [0.25, 0.3) is 5.91 Å². The summed E-state index contributed by atoms with van der Waals surface area (Å²) in [7, 11) is 0. The maximum atomic E-state index is 12.6. The second kappa shape index (κ2) is 5.84. The molecule has 1 aromatic heterocycles. The number of hydrogen-bond acceptors (Lipinski definition) is 3. The summed E-state index contributed by atoms with van der Waals surface area (Å²) in [6.07, 6.45) is 0.168. The smallest absolute Gasteiger partial charge is 0.264 e. The van der Waals surface area contributed by atoms with Crippen LogP contribution in [-0.4, -0.2) is 41.4 Å². The number of fused-ring (bicyclic) bond motifs is 1.